The molecule has 1 aliphatic heterocycles. The number of fused-ring (bicyclic) bond motifs is 13. The number of nitrogens with zero attached hydrogens (tertiary/aromatic N) is 4. The Hall–Kier alpha value is -7.87. The lowest BCUT2D eigenvalue weighted by Crippen LogP contribution is -2.38. The van der Waals surface area contributed by atoms with Gasteiger partial charge in [0.25, 0.3) is 0 Å². The molecule has 10 aromatic rings. The maximum atomic E-state index is 15.2. The zero-order valence-corrected chi connectivity index (χ0v) is 34.0. The normalized spacial score (nSPS) is 15.4. The first-order chi connectivity index (χ1) is 30.5. The summed E-state index contributed by atoms with van der Waals surface area (Å²) in [4.78, 5) is 20.5. The van der Waals surface area contributed by atoms with Crippen LogP contribution in [0.5, 0.6) is 0 Å². The Balaban J connectivity index is 1.18. The molecule has 2 aliphatic rings. The van der Waals surface area contributed by atoms with Crippen LogP contribution in [0.25, 0.3) is 78.3 Å². The van der Waals surface area contributed by atoms with Crippen LogP contribution in [0.4, 0.5) is 0 Å². The van der Waals surface area contributed by atoms with Crippen molar-refractivity contribution in [1.29, 1.82) is 0 Å². The average molecular weight is 815 g/mol. The number of benzene rings is 8. The molecule has 0 saturated heterocycles. The van der Waals surface area contributed by atoms with Crippen molar-refractivity contribution >= 4 is 20.6 Å². The third-order valence-corrected chi connectivity index (χ3v) is 14.3. The molecule has 12 rings (SSSR count). The first-order valence-electron chi connectivity index (χ1n) is 20.5. The van der Waals surface area contributed by atoms with E-state index in [0.29, 0.717) is 43.8 Å². The Morgan fingerprint density at radius 1 is 0.387 bits per heavy atom. The zero-order valence-electron chi connectivity index (χ0n) is 33.1. The van der Waals surface area contributed by atoms with Gasteiger partial charge < -0.3 is 0 Å². The maximum Gasteiger partial charge on any atom is 0.207 e. The smallest absolute Gasteiger partial charge is 0.207 e. The van der Waals surface area contributed by atoms with Crippen molar-refractivity contribution in [3.05, 3.63) is 229 Å². The molecule has 3 heterocycles. The molecule has 62 heavy (non-hydrogen) atoms. The molecular weight excluding hydrogens is 781 g/mol. The van der Waals surface area contributed by atoms with Crippen LogP contribution in [-0.4, -0.2) is 28.4 Å². The van der Waals surface area contributed by atoms with E-state index in [-0.39, 0.29) is 0 Å². The van der Waals surface area contributed by atoms with E-state index in [1.807, 2.05) is 128 Å². The molecule has 6 nitrogen and oxygen atoms in total. The molecule has 0 saturated carbocycles. The molecule has 0 bridgehead atoms. The summed E-state index contributed by atoms with van der Waals surface area (Å²) in [5.41, 5.74) is 11.3. The van der Waals surface area contributed by atoms with Crippen molar-refractivity contribution in [2.24, 2.45) is 0 Å². The Morgan fingerprint density at radius 2 is 0.952 bits per heavy atom. The van der Waals surface area contributed by atoms with Crippen LogP contribution in [-0.2, 0) is 15.3 Å². The molecule has 1 spiro atoms. The van der Waals surface area contributed by atoms with Crippen molar-refractivity contribution < 1.29 is 8.42 Å². The van der Waals surface area contributed by atoms with Gasteiger partial charge in [-0.25, -0.2) is 28.4 Å². The molecule has 0 fully saturated rings. The van der Waals surface area contributed by atoms with Crippen LogP contribution in [0.15, 0.2) is 216 Å². The first kappa shape index (κ1) is 36.0. The number of sulfone groups is 1. The summed E-state index contributed by atoms with van der Waals surface area (Å²) in [5.74, 6) is 1.20. The topological polar surface area (TPSA) is 85.7 Å². The van der Waals surface area contributed by atoms with Crippen molar-refractivity contribution in [2.45, 2.75) is 15.2 Å². The molecule has 8 aromatic carbocycles. The fraction of sp³-hybridized carbons (Fsp3) is 0.0182. The van der Waals surface area contributed by atoms with E-state index >= 15 is 8.42 Å². The predicted molar refractivity (Wildman–Crippen MR) is 245 cm³/mol. The SMILES string of the molecule is O=S1(=O)c2ccccc2C2(c3ccccc3-c3ccccc3-c3ccc(-c4cc(-c5cnc(-c6ccccc6)nc5)nc(-c5ccccc5)n4)cc32)c2ccc3ccccc3c21. The van der Waals surface area contributed by atoms with E-state index in [1.54, 1.807) is 6.07 Å². The Labute approximate surface area is 358 Å². The molecule has 0 radical (unpaired) electrons. The summed E-state index contributed by atoms with van der Waals surface area (Å²) in [6.45, 7) is 0. The minimum absolute atomic E-state index is 0.301. The van der Waals surface area contributed by atoms with Gasteiger partial charge in [0.2, 0.25) is 9.84 Å². The van der Waals surface area contributed by atoms with Gasteiger partial charge in [-0.05, 0) is 68.1 Å². The van der Waals surface area contributed by atoms with Crippen LogP contribution in [0, 0.1) is 0 Å². The maximum absolute atomic E-state index is 15.2. The van der Waals surface area contributed by atoms with Crippen molar-refractivity contribution in [3.63, 3.8) is 0 Å². The molecular formula is C55H34N4O2S. The fourth-order valence-electron chi connectivity index (χ4n) is 9.72. The Bertz CT molecular complexity index is 3540. The lowest BCUT2D eigenvalue weighted by atomic mass is 9.62. The Morgan fingerprint density at radius 3 is 1.68 bits per heavy atom. The van der Waals surface area contributed by atoms with Gasteiger partial charge in [0.1, 0.15) is 0 Å². The number of aromatic nitrogens is 4. The second kappa shape index (κ2) is 13.8. The summed E-state index contributed by atoms with van der Waals surface area (Å²) in [6.07, 6.45) is 3.63. The summed E-state index contributed by atoms with van der Waals surface area (Å²) < 4.78 is 30.3. The number of hydrogen-bond donors (Lipinski definition) is 0. The van der Waals surface area contributed by atoms with E-state index in [9.17, 15) is 0 Å². The molecule has 1 aliphatic carbocycles. The molecule has 7 heteroatoms. The quantitative estimate of drug-likeness (QED) is 0.176. The highest BCUT2D eigenvalue weighted by Gasteiger charge is 2.52. The summed E-state index contributed by atoms with van der Waals surface area (Å²) in [7, 11) is -3.98. The molecule has 1 unspecified atom stereocenters. The predicted octanol–water partition coefficient (Wildman–Crippen LogP) is 12.3. The summed E-state index contributed by atoms with van der Waals surface area (Å²) in [5, 5.41) is 1.57. The lowest BCUT2D eigenvalue weighted by Gasteiger charge is -2.43. The van der Waals surface area contributed by atoms with Gasteiger partial charge >= 0.3 is 0 Å². The molecule has 1 atom stereocenters. The minimum Gasteiger partial charge on any atom is -0.236 e. The van der Waals surface area contributed by atoms with Crippen LogP contribution in [0.2, 0.25) is 0 Å². The van der Waals surface area contributed by atoms with Crippen molar-refractivity contribution in [2.75, 3.05) is 0 Å². The van der Waals surface area contributed by atoms with Gasteiger partial charge in [-0.3, -0.25) is 0 Å². The highest BCUT2D eigenvalue weighted by molar-refractivity contribution is 7.92. The van der Waals surface area contributed by atoms with Gasteiger partial charge in [-0.1, -0.05) is 176 Å². The van der Waals surface area contributed by atoms with Gasteiger partial charge in [0.05, 0.1) is 26.6 Å². The van der Waals surface area contributed by atoms with Gasteiger partial charge in [0, 0.05) is 40.0 Å². The highest BCUT2D eigenvalue weighted by atomic mass is 32.2. The standard InChI is InChI=1S/C55H34N4O2S/c60-62(61)51-26-14-13-25-46(51)55(47-30-28-35-15-7-8-20-40(35)52(47)62)45-24-12-11-23-43(45)41-21-9-10-22-42(41)44-29-27-38(31-48(44)55)49-32-50(59-54(58-49)37-18-5-2-6-19-37)39-33-56-53(57-34-39)36-16-3-1-4-17-36/h1-34H. The van der Waals surface area contributed by atoms with Crippen LogP contribution < -0.4 is 0 Å². The lowest BCUT2D eigenvalue weighted by molar-refractivity contribution is 0.581. The van der Waals surface area contributed by atoms with E-state index < -0.39 is 15.3 Å². The van der Waals surface area contributed by atoms with Crippen molar-refractivity contribution in [3.8, 4) is 67.5 Å². The summed E-state index contributed by atoms with van der Waals surface area (Å²) in [6, 6.07) is 64.9. The van der Waals surface area contributed by atoms with Crippen LogP contribution in [0.1, 0.15) is 22.3 Å². The highest BCUT2D eigenvalue weighted by Crippen LogP contribution is 2.60. The fourth-order valence-corrected chi connectivity index (χ4v) is 11.7. The zero-order chi connectivity index (χ0) is 41.4. The molecule has 2 aromatic heterocycles. The second-order valence-corrected chi connectivity index (χ2v) is 17.6. The largest absolute Gasteiger partial charge is 0.236 e. The minimum atomic E-state index is -3.98. The van der Waals surface area contributed by atoms with E-state index in [2.05, 4.69) is 72.8 Å². The molecule has 292 valence electrons. The second-order valence-electron chi connectivity index (χ2n) is 15.8. The van der Waals surface area contributed by atoms with Gasteiger partial charge in [0.15, 0.2) is 11.6 Å². The van der Waals surface area contributed by atoms with E-state index in [4.69, 9.17) is 19.9 Å². The monoisotopic (exact) mass is 814 g/mol. The molecule has 0 amide bonds. The van der Waals surface area contributed by atoms with Crippen LogP contribution in [0.3, 0.4) is 0 Å². The van der Waals surface area contributed by atoms with Gasteiger partial charge in [-0.2, -0.15) is 0 Å². The summed E-state index contributed by atoms with van der Waals surface area (Å²) >= 11 is 0. The number of rotatable bonds is 4. The van der Waals surface area contributed by atoms with Crippen molar-refractivity contribution in [1.82, 2.24) is 19.9 Å². The van der Waals surface area contributed by atoms with E-state index in [0.717, 1.165) is 66.6 Å². The average Bonchev–Trinajstić information content (AvgIpc) is 3.45. The van der Waals surface area contributed by atoms with Gasteiger partial charge in [-0.15, -0.1) is 0 Å². The first-order valence-corrected chi connectivity index (χ1v) is 22.0. The van der Waals surface area contributed by atoms with E-state index in [1.165, 1.54) is 0 Å². The third kappa shape index (κ3) is 5.31. The Kier molecular flexibility index (Phi) is 8.04. The number of hydrogen-bond acceptors (Lipinski definition) is 6. The van der Waals surface area contributed by atoms with Crippen LogP contribution >= 0.6 is 0 Å². The third-order valence-electron chi connectivity index (χ3n) is 12.4. The molecule has 0 N–H and O–H groups in total.